The van der Waals surface area contributed by atoms with Crippen molar-refractivity contribution in [2.24, 2.45) is 5.92 Å². The Morgan fingerprint density at radius 3 is 2.63 bits per heavy atom. The Morgan fingerprint density at radius 2 is 2.16 bits per heavy atom. The summed E-state index contributed by atoms with van der Waals surface area (Å²) in [6, 6.07) is 2.07. The van der Waals surface area contributed by atoms with Gasteiger partial charge in [0.2, 0.25) is 5.91 Å². The second-order valence-electron chi connectivity index (χ2n) is 5.24. The van der Waals surface area contributed by atoms with Crippen LogP contribution in [-0.2, 0) is 4.79 Å². The van der Waals surface area contributed by atoms with Gasteiger partial charge in [-0.1, -0.05) is 0 Å². The molecule has 1 N–H and O–H groups in total. The summed E-state index contributed by atoms with van der Waals surface area (Å²) in [6.45, 7) is 7.14. The summed E-state index contributed by atoms with van der Waals surface area (Å²) in [5, 5.41) is 18.1. The number of piperidine rings is 1. The molecule has 0 spiro atoms. The van der Waals surface area contributed by atoms with Crippen LogP contribution in [0.2, 0.25) is 0 Å². The van der Waals surface area contributed by atoms with Crippen molar-refractivity contribution in [3.8, 4) is 6.07 Å². The van der Waals surface area contributed by atoms with Crippen molar-refractivity contribution in [3.63, 3.8) is 0 Å². The maximum Gasteiger partial charge on any atom is 0.236 e. The molecule has 0 aromatic rings. The zero-order chi connectivity index (χ0) is 14.3. The van der Waals surface area contributed by atoms with E-state index in [-0.39, 0.29) is 12.0 Å². The third-order valence-electron chi connectivity index (χ3n) is 3.90. The number of hydrogen-bond donors (Lipinski definition) is 1. The van der Waals surface area contributed by atoms with Crippen LogP contribution in [0.4, 0.5) is 0 Å². The Kier molecular flexibility index (Phi) is 6.82. The Hall–Kier alpha value is -1.12. The van der Waals surface area contributed by atoms with E-state index in [0.29, 0.717) is 32.0 Å². The number of carbonyl (C=O) groups excluding carboxylic acids is 1. The van der Waals surface area contributed by atoms with Crippen molar-refractivity contribution in [1.29, 1.82) is 5.26 Å². The molecule has 0 aliphatic carbocycles. The molecule has 5 heteroatoms. The average molecular weight is 267 g/mol. The smallest absolute Gasteiger partial charge is 0.236 e. The molecule has 1 fully saturated rings. The summed E-state index contributed by atoms with van der Waals surface area (Å²) in [4.78, 5) is 16.0. The Morgan fingerprint density at radius 1 is 1.53 bits per heavy atom. The number of aliphatic hydroxyl groups is 1. The number of rotatable bonds is 6. The van der Waals surface area contributed by atoms with Gasteiger partial charge in [0, 0.05) is 13.1 Å². The topological polar surface area (TPSA) is 67.6 Å². The minimum atomic E-state index is -0.249. The molecule has 0 aromatic heterocycles. The number of likely N-dealkylation sites (N-methyl/N-ethyl adjacent to an activating group) is 1. The predicted octanol–water partition coefficient (Wildman–Crippen LogP) is 0.841. The molecule has 1 saturated heterocycles. The highest BCUT2D eigenvalue weighted by atomic mass is 16.3. The molecule has 1 rings (SSSR count). The van der Waals surface area contributed by atoms with Gasteiger partial charge in [0.1, 0.15) is 0 Å². The standard InChI is InChI=1S/C14H25N3O2/c1-3-17(8-4-7-15)14(19)11-16-9-5-13(6-10-16)12(2)18/h12-13,18H,3-6,8-11H2,1-2H3. The fourth-order valence-corrected chi connectivity index (χ4v) is 2.53. The van der Waals surface area contributed by atoms with Crippen molar-refractivity contribution < 1.29 is 9.90 Å². The molecule has 0 aromatic carbocycles. The number of nitriles is 1. The van der Waals surface area contributed by atoms with Crippen LogP contribution in [0.3, 0.4) is 0 Å². The molecule has 1 atom stereocenters. The number of likely N-dealkylation sites (tertiary alicyclic amines) is 1. The summed E-state index contributed by atoms with van der Waals surface area (Å²) < 4.78 is 0. The maximum absolute atomic E-state index is 12.1. The first-order valence-corrected chi connectivity index (χ1v) is 7.13. The van der Waals surface area contributed by atoms with Crippen molar-refractivity contribution in [1.82, 2.24) is 9.80 Å². The molecule has 1 unspecified atom stereocenters. The Bertz CT molecular complexity index is 317. The molecule has 5 nitrogen and oxygen atoms in total. The monoisotopic (exact) mass is 267 g/mol. The molecule has 1 aliphatic rings. The van der Waals surface area contributed by atoms with Gasteiger partial charge in [-0.3, -0.25) is 9.69 Å². The summed E-state index contributed by atoms with van der Waals surface area (Å²) in [6.07, 6.45) is 2.05. The van der Waals surface area contributed by atoms with Crippen LogP contribution >= 0.6 is 0 Å². The number of hydrogen-bond acceptors (Lipinski definition) is 4. The molecule has 19 heavy (non-hydrogen) atoms. The van der Waals surface area contributed by atoms with E-state index in [0.717, 1.165) is 25.9 Å². The fourth-order valence-electron chi connectivity index (χ4n) is 2.53. The third kappa shape index (κ3) is 5.17. The van der Waals surface area contributed by atoms with Crippen molar-refractivity contribution in [3.05, 3.63) is 0 Å². The van der Waals surface area contributed by atoms with Crippen molar-refractivity contribution >= 4 is 5.91 Å². The molecule has 1 aliphatic heterocycles. The minimum absolute atomic E-state index is 0.105. The van der Waals surface area contributed by atoms with E-state index >= 15 is 0 Å². The van der Waals surface area contributed by atoms with E-state index in [1.165, 1.54) is 0 Å². The van der Waals surface area contributed by atoms with E-state index in [9.17, 15) is 9.90 Å². The zero-order valence-corrected chi connectivity index (χ0v) is 12.0. The largest absolute Gasteiger partial charge is 0.393 e. The summed E-state index contributed by atoms with van der Waals surface area (Å²) in [5.41, 5.74) is 0. The number of aliphatic hydroxyl groups excluding tert-OH is 1. The third-order valence-corrected chi connectivity index (χ3v) is 3.90. The number of nitrogens with zero attached hydrogens (tertiary/aromatic N) is 3. The second kappa shape index (κ2) is 8.13. The highest BCUT2D eigenvalue weighted by Crippen LogP contribution is 2.20. The molecule has 1 heterocycles. The second-order valence-corrected chi connectivity index (χ2v) is 5.24. The molecule has 1 amide bonds. The first-order valence-electron chi connectivity index (χ1n) is 7.13. The summed E-state index contributed by atoms with van der Waals surface area (Å²) in [7, 11) is 0. The van der Waals surface area contributed by atoms with Gasteiger partial charge < -0.3 is 10.0 Å². The molecule has 0 bridgehead atoms. The van der Waals surface area contributed by atoms with Crippen LogP contribution < -0.4 is 0 Å². The van der Waals surface area contributed by atoms with Gasteiger partial charge >= 0.3 is 0 Å². The minimum Gasteiger partial charge on any atom is -0.393 e. The first kappa shape index (κ1) is 15.9. The van der Waals surface area contributed by atoms with Gasteiger partial charge in [-0.05, 0) is 45.7 Å². The van der Waals surface area contributed by atoms with Crippen LogP contribution in [0.15, 0.2) is 0 Å². The summed E-state index contributed by atoms with van der Waals surface area (Å²) in [5.74, 6) is 0.473. The van der Waals surface area contributed by atoms with Crippen LogP contribution in [0.1, 0.15) is 33.1 Å². The first-order chi connectivity index (χ1) is 9.08. The van der Waals surface area contributed by atoms with Gasteiger partial charge in [-0.15, -0.1) is 0 Å². The van der Waals surface area contributed by atoms with E-state index in [2.05, 4.69) is 11.0 Å². The van der Waals surface area contributed by atoms with Crippen molar-refractivity contribution in [2.75, 3.05) is 32.7 Å². The normalized spacial score (nSPS) is 18.8. The van der Waals surface area contributed by atoms with Gasteiger partial charge in [0.25, 0.3) is 0 Å². The molecule has 108 valence electrons. The quantitative estimate of drug-likeness (QED) is 0.774. The van der Waals surface area contributed by atoms with Gasteiger partial charge in [0.05, 0.1) is 25.1 Å². The van der Waals surface area contributed by atoms with E-state index in [1.54, 1.807) is 4.90 Å². The van der Waals surface area contributed by atoms with Crippen LogP contribution in [0.5, 0.6) is 0 Å². The number of amides is 1. The van der Waals surface area contributed by atoms with Crippen LogP contribution in [0.25, 0.3) is 0 Å². The molecular formula is C14H25N3O2. The summed E-state index contributed by atoms with van der Waals surface area (Å²) >= 11 is 0. The molecule has 0 radical (unpaired) electrons. The highest BCUT2D eigenvalue weighted by Gasteiger charge is 2.24. The predicted molar refractivity (Wildman–Crippen MR) is 73.3 cm³/mol. The van der Waals surface area contributed by atoms with Crippen LogP contribution in [-0.4, -0.2) is 59.6 Å². The molecular weight excluding hydrogens is 242 g/mol. The number of carbonyl (C=O) groups is 1. The lowest BCUT2D eigenvalue weighted by molar-refractivity contribution is -0.132. The van der Waals surface area contributed by atoms with Gasteiger partial charge in [-0.25, -0.2) is 0 Å². The highest BCUT2D eigenvalue weighted by molar-refractivity contribution is 5.78. The van der Waals surface area contributed by atoms with E-state index in [4.69, 9.17) is 5.26 Å². The lowest BCUT2D eigenvalue weighted by atomic mass is 9.92. The average Bonchev–Trinajstić information content (AvgIpc) is 2.40. The lowest BCUT2D eigenvalue weighted by Gasteiger charge is -2.33. The Labute approximate surface area is 115 Å². The zero-order valence-electron chi connectivity index (χ0n) is 12.0. The maximum atomic E-state index is 12.1. The lowest BCUT2D eigenvalue weighted by Crippen LogP contribution is -2.44. The van der Waals surface area contributed by atoms with Gasteiger partial charge in [-0.2, -0.15) is 5.26 Å². The van der Waals surface area contributed by atoms with E-state index < -0.39 is 0 Å². The molecule has 0 saturated carbocycles. The van der Waals surface area contributed by atoms with Crippen LogP contribution in [0, 0.1) is 17.2 Å². The van der Waals surface area contributed by atoms with E-state index in [1.807, 2.05) is 13.8 Å². The fraction of sp³-hybridized carbons (Fsp3) is 0.857. The van der Waals surface area contributed by atoms with Gasteiger partial charge in [0.15, 0.2) is 0 Å². The van der Waals surface area contributed by atoms with Crippen molar-refractivity contribution in [2.45, 2.75) is 39.2 Å². The Balaban J connectivity index is 2.35. The SMILES string of the molecule is CCN(CCC#N)C(=O)CN1CCC(C(C)O)CC1.